The van der Waals surface area contributed by atoms with Crippen LogP contribution in [0.1, 0.15) is 10.4 Å². The van der Waals surface area contributed by atoms with Gasteiger partial charge in [0.25, 0.3) is 5.91 Å². The van der Waals surface area contributed by atoms with Crippen LogP contribution in [-0.4, -0.2) is 11.0 Å². The molecular formula is C13H8BrCl2NO2. The molecule has 0 radical (unpaired) electrons. The fraction of sp³-hybridized carbons (Fsp3) is 0. The second-order valence-corrected chi connectivity index (χ2v) is 5.47. The van der Waals surface area contributed by atoms with E-state index in [9.17, 15) is 9.90 Å². The second-order valence-electron chi connectivity index (χ2n) is 3.74. The molecule has 2 rings (SSSR count). The molecule has 0 atom stereocenters. The number of anilines is 1. The number of phenolic OH excluding ortho intramolecular Hbond substituents is 1. The van der Waals surface area contributed by atoms with Gasteiger partial charge >= 0.3 is 0 Å². The Morgan fingerprint density at radius 1 is 1.11 bits per heavy atom. The first-order valence-electron chi connectivity index (χ1n) is 5.22. The summed E-state index contributed by atoms with van der Waals surface area (Å²) in [6.07, 6.45) is 0. The molecule has 19 heavy (non-hydrogen) atoms. The molecule has 0 aliphatic rings. The van der Waals surface area contributed by atoms with Gasteiger partial charge in [0.2, 0.25) is 0 Å². The quantitative estimate of drug-likeness (QED) is 0.814. The van der Waals surface area contributed by atoms with Gasteiger partial charge in [-0.15, -0.1) is 0 Å². The molecule has 98 valence electrons. The summed E-state index contributed by atoms with van der Waals surface area (Å²) in [4.78, 5) is 12.0. The molecule has 0 aliphatic carbocycles. The summed E-state index contributed by atoms with van der Waals surface area (Å²) in [6, 6.07) is 9.31. The van der Waals surface area contributed by atoms with E-state index in [1.165, 1.54) is 18.2 Å². The Morgan fingerprint density at radius 3 is 2.42 bits per heavy atom. The van der Waals surface area contributed by atoms with Gasteiger partial charge in [0, 0.05) is 14.5 Å². The van der Waals surface area contributed by atoms with Crippen molar-refractivity contribution in [1.29, 1.82) is 0 Å². The van der Waals surface area contributed by atoms with E-state index in [4.69, 9.17) is 23.2 Å². The number of carbonyl (C=O) groups is 1. The Labute approximate surface area is 128 Å². The van der Waals surface area contributed by atoms with Crippen LogP contribution in [0.15, 0.2) is 40.9 Å². The molecule has 0 aliphatic heterocycles. The molecule has 2 aromatic carbocycles. The molecule has 0 heterocycles. The molecule has 6 heteroatoms. The zero-order chi connectivity index (χ0) is 14.0. The van der Waals surface area contributed by atoms with E-state index in [0.29, 0.717) is 20.2 Å². The van der Waals surface area contributed by atoms with Crippen LogP contribution in [0, 0.1) is 0 Å². The van der Waals surface area contributed by atoms with Crippen molar-refractivity contribution in [2.24, 2.45) is 0 Å². The van der Waals surface area contributed by atoms with Gasteiger partial charge in [-0.1, -0.05) is 23.2 Å². The number of carbonyl (C=O) groups excluding carboxylic acids is 1. The maximum atomic E-state index is 12.0. The number of benzene rings is 2. The normalized spacial score (nSPS) is 10.3. The third-order valence-electron chi connectivity index (χ3n) is 2.38. The molecule has 0 fully saturated rings. The average Bonchev–Trinajstić information content (AvgIpc) is 2.33. The van der Waals surface area contributed by atoms with Gasteiger partial charge in [0.05, 0.1) is 11.3 Å². The molecule has 1 amide bonds. The molecule has 0 saturated heterocycles. The lowest BCUT2D eigenvalue weighted by Crippen LogP contribution is -2.12. The van der Waals surface area contributed by atoms with Gasteiger partial charge in [-0.05, 0) is 52.3 Å². The van der Waals surface area contributed by atoms with Crippen LogP contribution >= 0.6 is 39.1 Å². The number of phenols is 1. The fourth-order valence-corrected chi connectivity index (χ4v) is 2.16. The highest BCUT2D eigenvalue weighted by Crippen LogP contribution is 2.28. The minimum Gasteiger partial charge on any atom is -0.507 e. The van der Waals surface area contributed by atoms with E-state index in [1.807, 2.05) is 0 Å². The summed E-state index contributed by atoms with van der Waals surface area (Å²) < 4.78 is 0.693. The SMILES string of the molecule is O=C(Nc1cc(Cl)ccc1Br)c1ccc(Cl)cc1O. The molecule has 2 N–H and O–H groups in total. The van der Waals surface area contributed by atoms with E-state index >= 15 is 0 Å². The highest BCUT2D eigenvalue weighted by Gasteiger charge is 2.13. The standard InChI is InChI=1S/C13H8BrCl2NO2/c14-10-4-2-7(15)5-11(10)17-13(19)9-3-1-8(16)6-12(9)18/h1-6,18H,(H,17,19). The Hall–Kier alpha value is -1.23. The number of rotatable bonds is 2. The van der Waals surface area contributed by atoms with E-state index in [2.05, 4.69) is 21.2 Å². The first kappa shape index (κ1) is 14.2. The van der Waals surface area contributed by atoms with Gasteiger partial charge in [-0.2, -0.15) is 0 Å². The maximum absolute atomic E-state index is 12.0. The summed E-state index contributed by atoms with van der Waals surface area (Å²) in [5.74, 6) is -0.625. The summed E-state index contributed by atoms with van der Waals surface area (Å²) in [7, 11) is 0. The molecule has 0 spiro atoms. The van der Waals surface area contributed by atoms with Gasteiger partial charge in [-0.25, -0.2) is 0 Å². The summed E-state index contributed by atoms with van der Waals surface area (Å²) in [5.41, 5.74) is 0.656. The van der Waals surface area contributed by atoms with Gasteiger partial charge in [-0.3, -0.25) is 4.79 Å². The van der Waals surface area contributed by atoms with Crippen LogP contribution in [0.5, 0.6) is 5.75 Å². The molecule has 0 bridgehead atoms. The monoisotopic (exact) mass is 359 g/mol. The van der Waals surface area contributed by atoms with Gasteiger partial charge in [0.1, 0.15) is 5.75 Å². The molecule has 3 nitrogen and oxygen atoms in total. The van der Waals surface area contributed by atoms with Crippen LogP contribution in [0.25, 0.3) is 0 Å². The summed E-state index contributed by atoms with van der Waals surface area (Å²) >= 11 is 14.9. The Balaban J connectivity index is 2.28. The molecular weight excluding hydrogens is 353 g/mol. The maximum Gasteiger partial charge on any atom is 0.259 e. The number of nitrogens with one attached hydrogen (secondary N) is 1. The lowest BCUT2D eigenvalue weighted by Gasteiger charge is -2.09. The molecule has 0 saturated carbocycles. The zero-order valence-corrected chi connectivity index (χ0v) is 12.6. The Kier molecular flexibility index (Phi) is 4.34. The smallest absolute Gasteiger partial charge is 0.259 e. The van der Waals surface area contributed by atoms with Crippen molar-refractivity contribution in [2.75, 3.05) is 5.32 Å². The van der Waals surface area contributed by atoms with Crippen LogP contribution < -0.4 is 5.32 Å². The first-order valence-corrected chi connectivity index (χ1v) is 6.77. The van der Waals surface area contributed by atoms with Crippen molar-refractivity contribution in [3.63, 3.8) is 0 Å². The minimum atomic E-state index is -0.447. The van der Waals surface area contributed by atoms with Crippen molar-refractivity contribution in [2.45, 2.75) is 0 Å². The first-order chi connectivity index (χ1) is 8.97. The van der Waals surface area contributed by atoms with Crippen molar-refractivity contribution in [1.82, 2.24) is 0 Å². The number of halogens is 3. The topological polar surface area (TPSA) is 49.3 Å². The van der Waals surface area contributed by atoms with Crippen molar-refractivity contribution in [3.05, 3.63) is 56.5 Å². The third kappa shape index (κ3) is 3.41. The predicted octanol–water partition coefficient (Wildman–Crippen LogP) is 4.71. The van der Waals surface area contributed by atoms with Crippen molar-refractivity contribution >= 4 is 50.7 Å². The number of hydrogen-bond acceptors (Lipinski definition) is 2. The molecule has 0 unspecified atom stereocenters. The van der Waals surface area contributed by atoms with Crippen LogP contribution in [0.4, 0.5) is 5.69 Å². The molecule has 2 aromatic rings. The van der Waals surface area contributed by atoms with Crippen LogP contribution in [0.3, 0.4) is 0 Å². The highest BCUT2D eigenvalue weighted by molar-refractivity contribution is 9.10. The zero-order valence-electron chi connectivity index (χ0n) is 9.45. The Morgan fingerprint density at radius 2 is 1.74 bits per heavy atom. The van der Waals surface area contributed by atoms with Crippen LogP contribution in [-0.2, 0) is 0 Å². The van der Waals surface area contributed by atoms with E-state index < -0.39 is 5.91 Å². The van der Waals surface area contributed by atoms with E-state index in [1.54, 1.807) is 18.2 Å². The predicted molar refractivity (Wildman–Crippen MR) is 80.2 cm³/mol. The third-order valence-corrected chi connectivity index (χ3v) is 3.54. The van der Waals surface area contributed by atoms with Crippen LogP contribution in [0.2, 0.25) is 10.0 Å². The van der Waals surface area contributed by atoms with E-state index in [0.717, 1.165) is 0 Å². The number of aromatic hydroxyl groups is 1. The van der Waals surface area contributed by atoms with E-state index in [-0.39, 0.29) is 11.3 Å². The average molecular weight is 361 g/mol. The van der Waals surface area contributed by atoms with Crippen molar-refractivity contribution < 1.29 is 9.90 Å². The lowest BCUT2D eigenvalue weighted by molar-refractivity contribution is 0.102. The lowest BCUT2D eigenvalue weighted by atomic mass is 10.2. The largest absolute Gasteiger partial charge is 0.507 e. The van der Waals surface area contributed by atoms with Crippen molar-refractivity contribution in [3.8, 4) is 5.75 Å². The second kappa shape index (κ2) is 5.82. The fourth-order valence-electron chi connectivity index (χ4n) is 1.48. The number of amides is 1. The van der Waals surface area contributed by atoms with Gasteiger partial charge in [0.15, 0.2) is 0 Å². The molecule has 0 aromatic heterocycles. The minimum absolute atomic E-state index is 0.135. The summed E-state index contributed by atoms with van der Waals surface area (Å²) in [6.45, 7) is 0. The van der Waals surface area contributed by atoms with Gasteiger partial charge < -0.3 is 10.4 Å². The highest BCUT2D eigenvalue weighted by atomic mass is 79.9. The summed E-state index contributed by atoms with van der Waals surface area (Å²) in [5, 5.41) is 13.2. The Bertz CT molecular complexity index is 647. The number of hydrogen-bond donors (Lipinski definition) is 2.